The molecule has 1 aliphatic heterocycles. The van der Waals surface area contributed by atoms with Crippen molar-refractivity contribution in [1.82, 2.24) is 5.32 Å². The van der Waals surface area contributed by atoms with Gasteiger partial charge in [-0.25, -0.2) is 0 Å². The van der Waals surface area contributed by atoms with Crippen LogP contribution in [0.5, 0.6) is 5.75 Å². The molecule has 2 aromatic carbocycles. The summed E-state index contributed by atoms with van der Waals surface area (Å²) in [5.41, 5.74) is 3.68. The van der Waals surface area contributed by atoms with Gasteiger partial charge in [0.25, 0.3) is 0 Å². The van der Waals surface area contributed by atoms with Crippen LogP contribution in [-0.4, -0.2) is 38.8 Å². The first-order valence-electron chi connectivity index (χ1n) is 10.1. The lowest BCUT2D eigenvalue weighted by molar-refractivity contribution is -0.921. The van der Waals surface area contributed by atoms with Crippen LogP contribution in [0, 0.1) is 6.92 Å². The fourth-order valence-electron chi connectivity index (χ4n) is 3.42. The molecule has 150 valence electrons. The highest BCUT2D eigenvalue weighted by atomic mass is 16.5. The number of hydrogen-bond donors (Lipinski definition) is 2. The van der Waals surface area contributed by atoms with Gasteiger partial charge in [-0.15, -0.1) is 0 Å². The number of nitrogens with one attached hydrogen (secondary N) is 2. The molecule has 0 atom stereocenters. The third-order valence-corrected chi connectivity index (χ3v) is 5.04. The highest BCUT2D eigenvalue weighted by Crippen LogP contribution is 2.13. The van der Waals surface area contributed by atoms with Crippen LogP contribution in [0.4, 0.5) is 0 Å². The predicted molar refractivity (Wildman–Crippen MR) is 109 cm³/mol. The van der Waals surface area contributed by atoms with E-state index in [1.165, 1.54) is 16.7 Å². The molecule has 0 radical (unpaired) electrons. The number of amides is 1. The molecule has 0 saturated carbocycles. The highest BCUT2D eigenvalue weighted by molar-refractivity contribution is 5.75. The van der Waals surface area contributed by atoms with E-state index in [0.717, 1.165) is 38.6 Å². The molecule has 1 heterocycles. The van der Waals surface area contributed by atoms with Gasteiger partial charge in [0, 0.05) is 18.5 Å². The third-order valence-electron chi connectivity index (χ3n) is 5.04. The highest BCUT2D eigenvalue weighted by Gasteiger charge is 2.16. The molecular weight excluding hydrogens is 352 g/mol. The van der Waals surface area contributed by atoms with Gasteiger partial charge >= 0.3 is 0 Å². The molecule has 1 fully saturated rings. The van der Waals surface area contributed by atoms with E-state index < -0.39 is 0 Å². The number of rotatable bonds is 9. The van der Waals surface area contributed by atoms with Gasteiger partial charge in [-0.3, -0.25) is 4.79 Å². The maximum Gasteiger partial charge on any atom is 0.220 e. The maximum absolute atomic E-state index is 12.2. The zero-order chi connectivity index (χ0) is 19.6. The monoisotopic (exact) mass is 383 g/mol. The Bertz CT molecular complexity index is 757. The zero-order valence-electron chi connectivity index (χ0n) is 16.7. The Hall–Kier alpha value is -2.37. The first-order valence-corrected chi connectivity index (χ1v) is 10.1. The first-order chi connectivity index (χ1) is 13.7. The standard InChI is InChI=1S/C23H30N2O3/c1-19-6-4-9-22(16-19)28-13-5-10-23(26)24-17-20-7-2-3-8-21(20)18-25-11-14-27-15-12-25/h2-4,6-9,16H,5,10-15,17-18H2,1H3,(H,24,26)/p+1. The zero-order valence-corrected chi connectivity index (χ0v) is 16.7. The molecule has 0 spiro atoms. The van der Waals surface area contributed by atoms with Crippen LogP contribution in [0.2, 0.25) is 0 Å². The Morgan fingerprint density at radius 1 is 1.11 bits per heavy atom. The summed E-state index contributed by atoms with van der Waals surface area (Å²) in [5.74, 6) is 0.932. The van der Waals surface area contributed by atoms with Crippen LogP contribution in [0.3, 0.4) is 0 Å². The summed E-state index contributed by atoms with van der Waals surface area (Å²) < 4.78 is 11.2. The van der Waals surface area contributed by atoms with Crippen LogP contribution in [0.25, 0.3) is 0 Å². The van der Waals surface area contributed by atoms with E-state index in [2.05, 4.69) is 23.5 Å². The number of carbonyl (C=O) groups excluding carboxylic acids is 1. The summed E-state index contributed by atoms with van der Waals surface area (Å²) in [5, 5.41) is 3.06. The van der Waals surface area contributed by atoms with Gasteiger partial charge in [0.15, 0.2) is 0 Å². The molecular formula is C23H31N2O3+. The van der Waals surface area contributed by atoms with Crippen LogP contribution < -0.4 is 15.0 Å². The van der Waals surface area contributed by atoms with E-state index in [0.29, 0.717) is 26.0 Å². The minimum absolute atomic E-state index is 0.0707. The average Bonchev–Trinajstić information content (AvgIpc) is 2.71. The van der Waals surface area contributed by atoms with Crippen LogP contribution >= 0.6 is 0 Å². The maximum atomic E-state index is 12.2. The smallest absolute Gasteiger partial charge is 0.220 e. The number of ether oxygens (including phenoxy) is 2. The minimum atomic E-state index is 0.0707. The molecule has 2 N–H and O–H groups in total. The summed E-state index contributed by atoms with van der Waals surface area (Å²) in [4.78, 5) is 13.7. The van der Waals surface area contributed by atoms with Crippen molar-refractivity contribution in [1.29, 1.82) is 0 Å². The Labute approximate surface area is 167 Å². The van der Waals surface area contributed by atoms with Crippen molar-refractivity contribution in [3.63, 3.8) is 0 Å². The topological polar surface area (TPSA) is 52.0 Å². The Balaban J connectivity index is 1.39. The third kappa shape index (κ3) is 6.66. The predicted octanol–water partition coefficient (Wildman–Crippen LogP) is 1.89. The second-order valence-electron chi connectivity index (χ2n) is 7.35. The van der Waals surface area contributed by atoms with Gasteiger partial charge in [0.1, 0.15) is 25.4 Å². The lowest BCUT2D eigenvalue weighted by Gasteiger charge is -2.24. The second kappa shape index (κ2) is 10.8. The van der Waals surface area contributed by atoms with E-state index in [1.807, 2.05) is 37.3 Å². The molecule has 0 bridgehead atoms. The molecule has 1 aliphatic rings. The van der Waals surface area contributed by atoms with Crippen molar-refractivity contribution in [2.75, 3.05) is 32.9 Å². The largest absolute Gasteiger partial charge is 0.494 e. The van der Waals surface area contributed by atoms with E-state index in [4.69, 9.17) is 9.47 Å². The van der Waals surface area contributed by atoms with Crippen molar-refractivity contribution in [2.24, 2.45) is 0 Å². The summed E-state index contributed by atoms with van der Waals surface area (Å²) in [6.07, 6.45) is 1.18. The molecule has 5 heteroatoms. The van der Waals surface area contributed by atoms with Crippen LogP contribution in [0.15, 0.2) is 48.5 Å². The van der Waals surface area contributed by atoms with E-state index in [1.54, 1.807) is 4.90 Å². The van der Waals surface area contributed by atoms with Gasteiger partial charge in [-0.1, -0.05) is 36.4 Å². The molecule has 0 aliphatic carbocycles. The van der Waals surface area contributed by atoms with Gasteiger partial charge in [-0.2, -0.15) is 0 Å². The lowest BCUT2D eigenvalue weighted by Crippen LogP contribution is -3.12. The molecule has 2 aromatic rings. The van der Waals surface area contributed by atoms with E-state index in [-0.39, 0.29) is 5.91 Å². The molecule has 0 aromatic heterocycles. The van der Waals surface area contributed by atoms with E-state index >= 15 is 0 Å². The minimum Gasteiger partial charge on any atom is -0.494 e. The number of morpholine rings is 1. The summed E-state index contributed by atoms with van der Waals surface area (Å²) >= 11 is 0. The van der Waals surface area contributed by atoms with E-state index in [9.17, 15) is 4.79 Å². The summed E-state index contributed by atoms with van der Waals surface area (Å²) in [6, 6.07) is 16.4. The normalized spacial score (nSPS) is 14.6. The summed E-state index contributed by atoms with van der Waals surface area (Å²) in [6.45, 7) is 7.91. The molecule has 3 rings (SSSR count). The number of quaternary nitrogens is 1. The quantitative estimate of drug-likeness (QED) is 0.650. The fourth-order valence-corrected chi connectivity index (χ4v) is 3.42. The Morgan fingerprint density at radius 2 is 1.89 bits per heavy atom. The van der Waals surface area contributed by atoms with Crippen LogP contribution in [-0.2, 0) is 22.6 Å². The number of aryl methyl sites for hydroxylation is 1. The van der Waals surface area contributed by atoms with Gasteiger partial charge in [0.05, 0.1) is 19.8 Å². The molecule has 28 heavy (non-hydrogen) atoms. The molecule has 1 amide bonds. The average molecular weight is 384 g/mol. The second-order valence-corrected chi connectivity index (χ2v) is 7.35. The van der Waals surface area contributed by atoms with Crippen molar-refractivity contribution < 1.29 is 19.2 Å². The lowest BCUT2D eigenvalue weighted by atomic mass is 10.1. The number of carbonyl (C=O) groups is 1. The van der Waals surface area contributed by atoms with Gasteiger partial charge in [0.2, 0.25) is 5.91 Å². The fraction of sp³-hybridized carbons (Fsp3) is 0.435. The SMILES string of the molecule is Cc1cccc(OCCCC(=O)NCc2ccccc2C[NH+]2CCOCC2)c1. The van der Waals surface area contributed by atoms with Crippen molar-refractivity contribution in [3.05, 3.63) is 65.2 Å². The molecule has 5 nitrogen and oxygen atoms in total. The Kier molecular flexibility index (Phi) is 7.88. The number of benzene rings is 2. The van der Waals surface area contributed by atoms with Crippen molar-refractivity contribution in [3.8, 4) is 5.75 Å². The van der Waals surface area contributed by atoms with Gasteiger partial charge < -0.3 is 19.7 Å². The summed E-state index contributed by atoms with van der Waals surface area (Å²) in [7, 11) is 0. The van der Waals surface area contributed by atoms with Crippen molar-refractivity contribution >= 4 is 5.91 Å². The Morgan fingerprint density at radius 3 is 2.68 bits per heavy atom. The molecule has 1 saturated heterocycles. The molecule has 0 unspecified atom stereocenters. The van der Waals surface area contributed by atoms with Crippen molar-refractivity contribution in [2.45, 2.75) is 32.9 Å². The van der Waals surface area contributed by atoms with Gasteiger partial charge in [-0.05, 0) is 36.6 Å². The first kappa shape index (κ1) is 20.4. The number of hydrogen-bond acceptors (Lipinski definition) is 3. The van der Waals surface area contributed by atoms with Crippen LogP contribution in [0.1, 0.15) is 29.5 Å².